The van der Waals surface area contributed by atoms with Crippen molar-refractivity contribution in [1.29, 1.82) is 0 Å². The van der Waals surface area contributed by atoms with Crippen LogP contribution in [-0.2, 0) is 16.1 Å². The number of rotatable bonds is 8. The van der Waals surface area contributed by atoms with Crippen LogP contribution in [-0.4, -0.2) is 47.3 Å². The van der Waals surface area contributed by atoms with Crippen LogP contribution in [0.25, 0.3) is 0 Å². The molecule has 32 heavy (non-hydrogen) atoms. The molecule has 1 N–H and O–H groups in total. The molecule has 8 nitrogen and oxygen atoms in total. The number of carbonyl (C=O) groups excluding carboxylic acids is 4. The molecule has 1 aliphatic heterocycles. The number of benzene rings is 2. The van der Waals surface area contributed by atoms with E-state index in [9.17, 15) is 19.2 Å². The SMILES string of the molecule is CCOc1ccc(CN2C(=O)c3ccccc3C2=O)cc1C(=O)OC(C)C(=O)NC(C)C. The Bertz CT molecular complexity index is 1030. The number of nitrogens with one attached hydrogen (secondary N) is 1. The molecule has 3 amide bonds. The third-order valence-electron chi connectivity index (χ3n) is 4.87. The average Bonchev–Trinajstić information content (AvgIpc) is 2.99. The summed E-state index contributed by atoms with van der Waals surface area (Å²) in [5.74, 6) is -1.62. The van der Waals surface area contributed by atoms with Gasteiger partial charge in [0, 0.05) is 6.04 Å². The van der Waals surface area contributed by atoms with E-state index >= 15 is 0 Å². The van der Waals surface area contributed by atoms with Crippen molar-refractivity contribution in [2.75, 3.05) is 6.61 Å². The van der Waals surface area contributed by atoms with E-state index in [0.29, 0.717) is 29.0 Å². The van der Waals surface area contributed by atoms with Crippen LogP contribution in [0.5, 0.6) is 5.75 Å². The number of amides is 3. The van der Waals surface area contributed by atoms with Gasteiger partial charge >= 0.3 is 5.97 Å². The predicted octanol–water partition coefficient (Wildman–Crippen LogP) is 2.95. The van der Waals surface area contributed by atoms with Gasteiger partial charge in [-0.05, 0) is 57.5 Å². The first-order valence-corrected chi connectivity index (χ1v) is 10.4. The normalized spacial score (nSPS) is 13.7. The van der Waals surface area contributed by atoms with E-state index < -0.39 is 18.0 Å². The average molecular weight is 438 g/mol. The molecule has 3 rings (SSSR count). The Morgan fingerprint density at radius 3 is 2.19 bits per heavy atom. The fraction of sp³-hybridized carbons (Fsp3) is 0.333. The van der Waals surface area contributed by atoms with Crippen molar-refractivity contribution in [3.8, 4) is 5.75 Å². The number of ether oxygens (including phenoxy) is 2. The predicted molar refractivity (Wildman–Crippen MR) is 116 cm³/mol. The minimum Gasteiger partial charge on any atom is -0.493 e. The lowest BCUT2D eigenvalue weighted by atomic mass is 10.1. The maximum atomic E-state index is 12.8. The second kappa shape index (κ2) is 9.64. The first-order chi connectivity index (χ1) is 15.2. The van der Waals surface area contributed by atoms with Crippen molar-refractivity contribution >= 4 is 23.7 Å². The third kappa shape index (κ3) is 4.80. The Labute approximate surface area is 186 Å². The van der Waals surface area contributed by atoms with Crippen molar-refractivity contribution in [2.45, 2.75) is 46.4 Å². The molecule has 1 atom stereocenters. The summed E-state index contributed by atoms with van der Waals surface area (Å²) in [5, 5.41) is 2.69. The zero-order chi connectivity index (χ0) is 23.4. The van der Waals surface area contributed by atoms with Crippen LogP contribution in [0.3, 0.4) is 0 Å². The molecule has 0 radical (unpaired) electrons. The van der Waals surface area contributed by atoms with E-state index in [4.69, 9.17) is 9.47 Å². The van der Waals surface area contributed by atoms with Crippen molar-refractivity contribution in [2.24, 2.45) is 0 Å². The molecular formula is C24H26N2O6. The van der Waals surface area contributed by atoms with E-state index in [1.165, 1.54) is 13.0 Å². The molecular weight excluding hydrogens is 412 g/mol. The monoisotopic (exact) mass is 438 g/mol. The van der Waals surface area contributed by atoms with Crippen LogP contribution >= 0.6 is 0 Å². The van der Waals surface area contributed by atoms with Crippen LogP contribution in [0.15, 0.2) is 42.5 Å². The third-order valence-corrected chi connectivity index (χ3v) is 4.87. The second-order valence-electron chi connectivity index (χ2n) is 7.72. The van der Waals surface area contributed by atoms with Gasteiger partial charge in [0.1, 0.15) is 11.3 Å². The largest absolute Gasteiger partial charge is 0.493 e. The first kappa shape index (κ1) is 23.0. The van der Waals surface area contributed by atoms with Crippen molar-refractivity contribution in [3.63, 3.8) is 0 Å². The summed E-state index contributed by atoms with van der Waals surface area (Å²) in [6.07, 6.45) is -1.00. The van der Waals surface area contributed by atoms with Crippen molar-refractivity contribution in [3.05, 3.63) is 64.7 Å². The fourth-order valence-electron chi connectivity index (χ4n) is 3.36. The lowest BCUT2D eigenvalue weighted by molar-refractivity contribution is -0.129. The van der Waals surface area contributed by atoms with Gasteiger partial charge < -0.3 is 14.8 Å². The van der Waals surface area contributed by atoms with Gasteiger partial charge in [-0.3, -0.25) is 19.3 Å². The maximum Gasteiger partial charge on any atom is 0.342 e. The Balaban J connectivity index is 1.82. The number of hydrogen-bond acceptors (Lipinski definition) is 6. The highest BCUT2D eigenvalue weighted by atomic mass is 16.5. The van der Waals surface area contributed by atoms with E-state index in [-0.39, 0.29) is 30.0 Å². The summed E-state index contributed by atoms with van der Waals surface area (Å²) in [7, 11) is 0. The Morgan fingerprint density at radius 2 is 1.62 bits per heavy atom. The van der Waals surface area contributed by atoms with Crippen LogP contribution in [0.4, 0.5) is 0 Å². The Kier molecular flexibility index (Phi) is 6.92. The van der Waals surface area contributed by atoms with E-state index in [1.807, 2.05) is 13.8 Å². The molecule has 0 spiro atoms. The summed E-state index contributed by atoms with van der Waals surface area (Å²) >= 11 is 0. The van der Waals surface area contributed by atoms with Gasteiger partial charge in [-0.2, -0.15) is 0 Å². The molecule has 1 aliphatic rings. The van der Waals surface area contributed by atoms with Crippen molar-refractivity contribution in [1.82, 2.24) is 10.2 Å². The van der Waals surface area contributed by atoms with Gasteiger partial charge in [0.2, 0.25) is 0 Å². The summed E-state index contributed by atoms with van der Waals surface area (Å²) in [4.78, 5) is 51.4. The fourth-order valence-corrected chi connectivity index (χ4v) is 3.36. The van der Waals surface area contributed by atoms with Crippen LogP contribution < -0.4 is 10.1 Å². The number of esters is 1. The molecule has 2 aromatic rings. The maximum absolute atomic E-state index is 12.8. The molecule has 8 heteroatoms. The highest BCUT2D eigenvalue weighted by molar-refractivity contribution is 6.21. The minimum atomic E-state index is -1.00. The van der Waals surface area contributed by atoms with E-state index in [1.54, 1.807) is 43.3 Å². The molecule has 1 heterocycles. The van der Waals surface area contributed by atoms with Gasteiger partial charge in [-0.1, -0.05) is 18.2 Å². The zero-order valence-corrected chi connectivity index (χ0v) is 18.5. The molecule has 0 aliphatic carbocycles. The summed E-state index contributed by atoms with van der Waals surface area (Å²) < 4.78 is 10.9. The van der Waals surface area contributed by atoms with Gasteiger partial charge in [0.05, 0.1) is 24.3 Å². The van der Waals surface area contributed by atoms with Gasteiger partial charge in [-0.25, -0.2) is 4.79 Å². The number of nitrogens with zero attached hydrogens (tertiary/aromatic N) is 1. The smallest absolute Gasteiger partial charge is 0.342 e. The molecule has 0 saturated carbocycles. The second-order valence-corrected chi connectivity index (χ2v) is 7.72. The zero-order valence-electron chi connectivity index (χ0n) is 18.5. The number of hydrogen-bond donors (Lipinski definition) is 1. The minimum absolute atomic E-state index is 0.0115. The Morgan fingerprint density at radius 1 is 1.00 bits per heavy atom. The first-order valence-electron chi connectivity index (χ1n) is 10.4. The van der Waals surface area contributed by atoms with E-state index in [0.717, 1.165) is 4.90 Å². The molecule has 0 fully saturated rings. The number of imide groups is 1. The van der Waals surface area contributed by atoms with Gasteiger partial charge in [0.15, 0.2) is 6.10 Å². The highest BCUT2D eigenvalue weighted by Gasteiger charge is 2.35. The molecule has 0 saturated heterocycles. The van der Waals surface area contributed by atoms with Crippen molar-refractivity contribution < 1.29 is 28.7 Å². The summed E-state index contributed by atoms with van der Waals surface area (Å²) in [6.45, 7) is 7.19. The van der Waals surface area contributed by atoms with Gasteiger partial charge in [0.25, 0.3) is 17.7 Å². The molecule has 0 bridgehead atoms. The number of fused-ring (bicyclic) bond motifs is 1. The lowest BCUT2D eigenvalue weighted by Gasteiger charge is -2.18. The lowest BCUT2D eigenvalue weighted by Crippen LogP contribution is -2.39. The summed E-state index contributed by atoms with van der Waals surface area (Å²) in [5.41, 5.74) is 1.38. The van der Waals surface area contributed by atoms with Crippen LogP contribution in [0.1, 0.15) is 64.3 Å². The van der Waals surface area contributed by atoms with E-state index in [2.05, 4.69) is 5.32 Å². The summed E-state index contributed by atoms with van der Waals surface area (Å²) in [6, 6.07) is 11.3. The standard InChI is InChI=1S/C24H26N2O6/c1-5-31-20-11-10-16(12-19(20)24(30)32-15(4)21(27)25-14(2)3)13-26-22(28)17-8-6-7-9-18(17)23(26)29/h6-12,14-15H,5,13H2,1-4H3,(H,25,27). The van der Waals surface area contributed by atoms with Gasteiger partial charge in [-0.15, -0.1) is 0 Å². The molecule has 2 aromatic carbocycles. The number of carbonyl (C=O) groups is 4. The van der Waals surface area contributed by atoms with Crippen LogP contribution in [0, 0.1) is 0 Å². The molecule has 168 valence electrons. The van der Waals surface area contributed by atoms with Crippen LogP contribution in [0.2, 0.25) is 0 Å². The topological polar surface area (TPSA) is 102 Å². The molecule has 0 aromatic heterocycles. The quantitative estimate of drug-likeness (QED) is 0.502. The molecule has 1 unspecified atom stereocenters. The Hall–Kier alpha value is -3.68. The highest BCUT2D eigenvalue weighted by Crippen LogP contribution is 2.27.